The van der Waals surface area contributed by atoms with E-state index in [1.807, 2.05) is 4.90 Å². The quantitative estimate of drug-likeness (QED) is 0.832. The summed E-state index contributed by atoms with van der Waals surface area (Å²) in [7, 11) is 0. The van der Waals surface area contributed by atoms with E-state index in [9.17, 15) is 18.0 Å². The molecule has 1 aromatic heterocycles. The van der Waals surface area contributed by atoms with Crippen molar-refractivity contribution < 1.29 is 17.9 Å². The molecule has 0 amide bonds. The van der Waals surface area contributed by atoms with Crippen molar-refractivity contribution in [3.05, 3.63) is 16.4 Å². The van der Waals surface area contributed by atoms with Gasteiger partial charge in [0.15, 0.2) is 0 Å². The summed E-state index contributed by atoms with van der Waals surface area (Å²) in [5, 5.41) is 2.33. The molecule has 21 heavy (non-hydrogen) atoms. The molecule has 116 valence electrons. The SMILES string of the molecule is O=c1cc(N2CCOCC2)nc2n1CCC(C(F)(F)F)N2. The number of ether oxygens (including phenoxy) is 1. The fourth-order valence-electron chi connectivity index (χ4n) is 2.51. The Morgan fingerprint density at radius 1 is 1.29 bits per heavy atom. The number of hydrogen-bond donors (Lipinski definition) is 1. The second kappa shape index (κ2) is 5.21. The molecule has 0 bridgehead atoms. The minimum atomic E-state index is -4.35. The highest BCUT2D eigenvalue weighted by Crippen LogP contribution is 2.29. The highest BCUT2D eigenvalue weighted by molar-refractivity contribution is 5.45. The third kappa shape index (κ3) is 2.82. The van der Waals surface area contributed by atoms with Gasteiger partial charge in [0, 0.05) is 25.7 Å². The highest BCUT2D eigenvalue weighted by Gasteiger charge is 2.42. The van der Waals surface area contributed by atoms with Crippen molar-refractivity contribution in [3.63, 3.8) is 0 Å². The van der Waals surface area contributed by atoms with Crippen LogP contribution in [0.3, 0.4) is 0 Å². The predicted octanol–water partition coefficient (Wildman–Crippen LogP) is 0.826. The lowest BCUT2D eigenvalue weighted by molar-refractivity contribution is -0.145. The zero-order valence-corrected chi connectivity index (χ0v) is 11.2. The van der Waals surface area contributed by atoms with Crippen molar-refractivity contribution in [3.8, 4) is 0 Å². The third-order valence-corrected chi connectivity index (χ3v) is 3.67. The molecule has 0 radical (unpaired) electrons. The van der Waals surface area contributed by atoms with Gasteiger partial charge in [-0.3, -0.25) is 9.36 Å². The van der Waals surface area contributed by atoms with Crippen molar-refractivity contribution in [2.75, 3.05) is 36.5 Å². The molecular weight excluding hydrogens is 289 g/mol. The van der Waals surface area contributed by atoms with Crippen LogP contribution < -0.4 is 15.8 Å². The third-order valence-electron chi connectivity index (χ3n) is 3.67. The Balaban J connectivity index is 1.90. The molecule has 2 aliphatic heterocycles. The Kier molecular flexibility index (Phi) is 3.52. The zero-order chi connectivity index (χ0) is 15.0. The van der Waals surface area contributed by atoms with E-state index >= 15 is 0 Å². The molecule has 1 saturated heterocycles. The summed E-state index contributed by atoms with van der Waals surface area (Å²) in [6.07, 6.45) is -4.52. The molecule has 0 aromatic carbocycles. The first kappa shape index (κ1) is 14.2. The largest absolute Gasteiger partial charge is 0.408 e. The molecule has 1 atom stereocenters. The first-order valence-electron chi connectivity index (χ1n) is 6.73. The summed E-state index contributed by atoms with van der Waals surface area (Å²) in [5.74, 6) is 0.377. The fraction of sp³-hybridized carbons (Fsp3) is 0.667. The van der Waals surface area contributed by atoms with Crippen LogP contribution in [-0.4, -0.2) is 48.1 Å². The Hall–Kier alpha value is -1.77. The lowest BCUT2D eigenvalue weighted by Crippen LogP contribution is -2.45. The predicted molar refractivity (Wildman–Crippen MR) is 69.6 cm³/mol. The zero-order valence-electron chi connectivity index (χ0n) is 11.2. The Morgan fingerprint density at radius 3 is 2.67 bits per heavy atom. The van der Waals surface area contributed by atoms with Crippen LogP contribution >= 0.6 is 0 Å². The van der Waals surface area contributed by atoms with E-state index in [0.717, 1.165) is 0 Å². The highest BCUT2D eigenvalue weighted by atomic mass is 19.4. The standard InChI is InChI=1S/C12H15F3N4O2/c13-12(14,15)8-1-2-19-10(20)7-9(17-11(19)16-8)18-3-5-21-6-4-18/h7-8H,1-6H2,(H,16,17). The van der Waals surface area contributed by atoms with E-state index in [-0.39, 0.29) is 24.5 Å². The summed E-state index contributed by atoms with van der Waals surface area (Å²) < 4.78 is 44.8. The van der Waals surface area contributed by atoms with Gasteiger partial charge >= 0.3 is 6.18 Å². The van der Waals surface area contributed by atoms with Crippen LogP contribution in [0.2, 0.25) is 0 Å². The topological polar surface area (TPSA) is 59.4 Å². The second-order valence-corrected chi connectivity index (χ2v) is 5.05. The van der Waals surface area contributed by atoms with Crippen molar-refractivity contribution >= 4 is 11.8 Å². The van der Waals surface area contributed by atoms with Crippen molar-refractivity contribution in [1.82, 2.24) is 9.55 Å². The number of morpholine rings is 1. The van der Waals surface area contributed by atoms with Gasteiger partial charge in [0.2, 0.25) is 5.95 Å². The minimum absolute atomic E-state index is 0.0156. The first-order chi connectivity index (χ1) is 9.95. The summed E-state index contributed by atoms with van der Waals surface area (Å²) in [4.78, 5) is 18.0. The van der Waals surface area contributed by atoms with Crippen LogP contribution in [0.4, 0.5) is 24.9 Å². The average molecular weight is 304 g/mol. The van der Waals surface area contributed by atoms with Gasteiger partial charge in [-0.15, -0.1) is 0 Å². The number of halogens is 3. The molecule has 1 fully saturated rings. The van der Waals surface area contributed by atoms with Gasteiger partial charge in [0.1, 0.15) is 11.9 Å². The number of nitrogens with zero attached hydrogens (tertiary/aromatic N) is 3. The Bertz CT molecular complexity index is 581. The summed E-state index contributed by atoms with van der Waals surface area (Å²) in [5.41, 5.74) is -0.338. The molecular formula is C12H15F3N4O2. The van der Waals surface area contributed by atoms with E-state index in [1.165, 1.54) is 10.6 Å². The molecule has 0 saturated carbocycles. The van der Waals surface area contributed by atoms with Gasteiger partial charge in [-0.1, -0.05) is 0 Å². The molecule has 0 aliphatic carbocycles. The van der Waals surface area contributed by atoms with Gasteiger partial charge in [-0.05, 0) is 6.42 Å². The summed E-state index contributed by atoms with van der Waals surface area (Å²) in [6.45, 7) is 2.18. The van der Waals surface area contributed by atoms with Gasteiger partial charge in [0.05, 0.1) is 13.2 Å². The smallest absolute Gasteiger partial charge is 0.378 e. The summed E-state index contributed by atoms with van der Waals surface area (Å²) >= 11 is 0. The van der Waals surface area contributed by atoms with Crippen LogP contribution in [0.25, 0.3) is 0 Å². The maximum absolute atomic E-state index is 12.8. The summed E-state index contributed by atoms with van der Waals surface area (Å²) in [6, 6.07) is -0.297. The molecule has 3 rings (SSSR count). The van der Waals surface area contributed by atoms with E-state index in [0.29, 0.717) is 32.1 Å². The van der Waals surface area contributed by atoms with Crippen LogP contribution in [0.5, 0.6) is 0 Å². The number of aromatic nitrogens is 2. The van der Waals surface area contributed by atoms with Gasteiger partial charge < -0.3 is 15.0 Å². The van der Waals surface area contributed by atoms with E-state index in [4.69, 9.17) is 4.74 Å². The van der Waals surface area contributed by atoms with Gasteiger partial charge in [-0.2, -0.15) is 18.2 Å². The molecule has 9 heteroatoms. The number of hydrogen-bond acceptors (Lipinski definition) is 5. The number of nitrogens with one attached hydrogen (secondary N) is 1. The lowest BCUT2D eigenvalue weighted by atomic mass is 10.1. The fourth-order valence-corrected chi connectivity index (χ4v) is 2.51. The maximum atomic E-state index is 12.8. The number of anilines is 2. The van der Waals surface area contributed by atoms with Crippen molar-refractivity contribution in [1.29, 1.82) is 0 Å². The van der Waals surface area contributed by atoms with E-state index < -0.39 is 12.2 Å². The second-order valence-electron chi connectivity index (χ2n) is 5.05. The average Bonchev–Trinajstić information content (AvgIpc) is 2.46. The first-order valence-corrected chi connectivity index (χ1v) is 6.73. The number of alkyl halides is 3. The number of fused-ring (bicyclic) bond motifs is 1. The molecule has 1 N–H and O–H groups in total. The Morgan fingerprint density at radius 2 is 2.00 bits per heavy atom. The van der Waals surface area contributed by atoms with Crippen molar-refractivity contribution in [2.45, 2.75) is 25.2 Å². The normalized spacial score (nSPS) is 22.6. The lowest BCUT2D eigenvalue weighted by Gasteiger charge is -2.31. The molecule has 3 heterocycles. The Labute approximate surface area is 118 Å². The monoisotopic (exact) mass is 304 g/mol. The van der Waals surface area contributed by atoms with E-state index in [1.54, 1.807) is 0 Å². The van der Waals surface area contributed by atoms with Gasteiger partial charge in [0.25, 0.3) is 5.56 Å². The molecule has 0 spiro atoms. The molecule has 2 aliphatic rings. The van der Waals surface area contributed by atoms with Crippen LogP contribution in [0.15, 0.2) is 10.9 Å². The van der Waals surface area contributed by atoms with Gasteiger partial charge in [-0.25, -0.2) is 0 Å². The molecule has 6 nitrogen and oxygen atoms in total. The number of rotatable bonds is 1. The van der Waals surface area contributed by atoms with Crippen LogP contribution in [-0.2, 0) is 11.3 Å². The maximum Gasteiger partial charge on any atom is 0.408 e. The van der Waals surface area contributed by atoms with Crippen LogP contribution in [0.1, 0.15) is 6.42 Å². The minimum Gasteiger partial charge on any atom is -0.378 e. The molecule has 1 aromatic rings. The molecule has 1 unspecified atom stereocenters. The van der Waals surface area contributed by atoms with Crippen molar-refractivity contribution in [2.24, 2.45) is 0 Å². The van der Waals surface area contributed by atoms with Crippen LogP contribution in [0, 0.1) is 0 Å². The van der Waals surface area contributed by atoms with E-state index in [2.05, 4.69) is 10.3 Å².